The van der Waals surface area contributed by atoms with Gasteiger partial charge in [-0.15, -0.1) is 0 Å². The summed E-state index contributed by atoms with van der Waals surface area (Å²) < 4.78 is 5.46. The van der Waals surface area contributed by atoms with Crippen LogP contribution in [-0.4, -0.2) is 19.3 Å². The topological polar surface area (TPSA) is 35.6 Å². The largest absolute Gasteiger partial charge is 0.322 e. The van der Waals surface area contributed by atoms with Crippen molar-refractivity contribution in [2.75, 3.05) is 0 Å². The van der Waals surface area contributed by atoms with Crippen LogP contribution in [0.2, 0.25) is 0 Å². The first-order valence-corrected chi connectivity index (χ1v) is 7.42. The summed E-state index contributed by atoms with van der Waals surface area (Å²) in [4.78, 5) is 4.72. The molecule has 0 amide bonds. The van der Waals surface area contributed by atoms with Gasteiger partial charge >= 0.3 is 0 Å². The standard InChI is InChI=1S/C13H15BrN4/c14-13-12(15-11-5-2-7-17(11)13)10-6-8-18(16-10)9-3-1-4-9/h6,8-9H,1-5,7H2. The molecule has 2 aliphatic rings. The second-order valence-electron chi connectivity index (χ2n) is 5.19. The molecule has 4 nitrogen and oxygen atoms in total. The van der Waals surface area contributed by atoms with E-state index in [-0.39, 0.29) is 0 Å². The third-order valence-corrected chi connectivity index (χ3v) is 4.87. The molecule has 0 unspecified atom stereocenters. The average Bonchev–Trinajstić information content (AvgIpc) is 2.94. The van der Waals surface area contributed by atoms with Gasteiger partial charge in [0.25, 0.3) is 0 Å². The fourth-order valence-corrected chi connectivity index (χ4v) is 3.45. The normalized spacial score (nSPS) is 18.9. The lowest BCUT2D eigenvalue weighted by Gasteiger charge is -2.25. The fourth-order valence-electron chi connectivity index (χ4n) is 2.77. The molecule has 1 aliphatic heterocycles. The highest BCUT2D eigenvalue weighted by molar-refractivity contribution is 9.10. The van der Waals surface area contributed by atoms with Gasteiger partial charge in [0.1, 0.15) is 21.8 Å². The van der Waals surface area contributed by atoms with E-state index >= 15 is 0 Å². The number of hydrogen-bond donors (Lipinski definition) is 0. The van der Waals surface area contributed by atoms with Crippen LogP contribution in [0.4, 0.5) is 0 Å². The van der Waals surface area contributed by atoms with E-state index in [9.17, 15) is 0 Å². The Morgan fingerprint density at radius 1 is 1.28 bits per heavy atom. The molecule has 0 spiro atoms. The number of fused-ring (bicyclic) bond motifs is 1. The van der Waals surface area contributed by atoms with Gasteiger partial charge in [0.15, 0.2) is 0 Å². The molecule has 1 saturated carbocycles. The maximum absolute atomic E-state index is 4.72. The van der Waals surface area contributed by atoms with Gasteiger partial charge in [-0.2, -0.15) is 5.10 Å². The molecule has 4 rings (SSSR count). The number of halogens is 1. The highest BCUT2D eigenvalue weighted by Crippen LogP contribution is 2.34. The van der Waals surface area contributed by atoms with Gasteiger partial charge < -0.3 is 4.57 Å². The van der Waals surface area contributed by atoms with E-state index in [1.165, 1.54) is 31.5 Å². The minimum atomic E-state index is 0.618. The Morgan fingerprint density at radius 3 is 2.89 bits per heavy atom. The van der Waals surface area contributed by atoms with Crippen molar-refractivity contribution in [1.82, 2.24) is 19.3 Å². The van der Waals surface area contributed by atoms with Crippen LogP contribution in [0.15, 0.2) is 16.9 Å². The zero-order valence-electron chi connectivity index (χ0n) is 10.1. The number of aromatic nitrogens is 4. The number of imidazole rings is 1. The van der Waals surface area contributed by atoms with Gasteiger partial charge in [0.2, 0.25) is 0 Å². The van der Waals surface area contributed by atoms with Crippen LogP contribution >= 0.6 is 15.9 Å². The summed E-state index contributed by atoms with van der Waals surface area (Å²) in [6.45, 7) is 1.08. The molecule has 94 valence electrons. The van der Waals surface area contributed by atoms with E-state index in [0.29, 0.717) is 6.04 Å². The summed E-state index contributed by atoms with van der Waals surface area (Å²) in [7, 11) is 0. The highest BCUT2D eigenvalue weighted by atomic mass is 79.9. The Bertz CT molecular complexity index is 594. The summed E-state index contributed by atoms with van der Waals surface area (Å²) in [6.07, 6.45) is 8.25. The number of hydrogen-bond acceptors (Lipinski definition) is 2. The second kappa shape index (κ2) is 3.95. The van der Waals surface area contributed by atoms with Crippen molar-refractivity contribution in [1.29, 1.82) is 0 Å². The van der Waals surface area contributed by atoms with Crippen LogP contribution in [0.25, 0.3) is 11.4 Å². The Kier molecular flexibility index (Phi) is 2.37. The van der Waals surface area contributed by atoms with Crippen LogP contribution < -0.4 is 0 Å². The maximum atomic E-state index is 4.72. The number of rotatable bonds is 2. The molecule has 18 heavy (non-hydrogen) atoms. The maximum Gasteiger partial charge on any atom is 0.123 e. The summed E-state index contributed by atoms with van der Waals surface area (Å²) in [6, 6.07) is 2.70. The lowest BCUT2D eigenvalue weighted by Crippen LogP contribution is -2.17. The SMILES string of the molecule is Brc1c(-c2ccn(C3CCC3)n2)nc2n1CCC2. The summed E-state index contributed by atoms with van der Waals surface area (Å²) >= 11 is 3.67. The molecular weight excluding hydrogens is 292 g/mol. The fraction of sp³-hybridized carbons (Fsp3) is 0.538. The van der Waals surface area contributed by atoms with Crippen molar-refractivity contribution >= 4 is 15.9 Å². The molecule has 2 aromatic rings. The predicted molar refractivity (Wildman–Crippen MR) is 72.4 cm³/mol. The lowest BCUT2D eigenvalue weighted by molar-refractivity contribution is 0.290. The van der Waals surface area contributed by atoms with Gasteiger partial charge in [-0.25, -0.2) is 4.98 Å². The minimum Gasteiger partial charge on any atom is -0.322 e. The van der Waals surface area contributed by atoms with Crippen molar-refractivity contribution < 1.29 is 0 Å². The molecule has 0 atom stereocenters. The first kappa shape index (κ1) is 10.8. The Balaban J connectivity index is 1.72. The Hall–Kier alpha value is -1.10. The van der Waals surface area contributed by atoms with Crippen LogP contribution in [-0.2, 0) is 13.0 Å². The smallest absolute Gasteiger partial charge is 0.123 e. The van der Waals surface area contributed by atoms with Gasteiger partial charge in [-0.3, -0.25) is 4.68 Å². The van der Waals surface area contributed by atoms with E-state index in [2.05, 4.69) is 42.5 Å². The minimum absolute atomic E-state index is 0.618. The predicted octanol–water partition coefficient (Wildman–Crippen LogP) is 3.18. The van der Waals surface area contributed by atoms with Crippen LogP contribution in [0.5, 0.6) is 0 Å². The summed E-state index contributed by atoms with van der Waals surface area (Å²) in [5.74, 6) is 1.19. The molecule has 3 heterocycles. The molecule has 0 radical (unpaired) electrons. The first-order chi connectivity index (χ1) is 8.83. The van der Waals surface area contributed by atoms with Crippen molar-refractivity contribution in [2.24, 2.45) is 0 Å². The molecule has 1 aliphatic carbocycles. The number of nitrogens with zero attached hydrogens (tertiary/aromatic N) is 4. The molecule has 5 heteroatoms. The molecule has 1 fully saturated rings. The van der Waals surface area contributed by atoms with Crippen molar-refractivity contribution in [3.05, 3.63) is 22.7 Å². The Morgan fingerprint density at radius 2 is 2.17 bits per heavy atom. The van der Waals surface area contributed by atoms with Crippen LogP contribution in [0, 0.1) is 0 Å². The molecular formula is C13H15BrN4. The van der Waals surface area contributed by atoms with Gasteiger partial charge in [0, 0.05) is 19.2 Å². The van der Waals surface area contributed by atoms with E-state index in [4.69, 9.17) is 4.98 Å². The number of aryl methyl sites for hydroxylation is 1. The quantitative estimate of drug-likeness (QED) is 0.854. The van der Waals surface area contributed by atoms with E-state index in [1.54, 1.807) is 0 Å². The van der Waals surface area contributed by atoms with E-state index < -0.39 is 0 Å². The first-order valence-electron chi connectivity index (χ1n) is 6.63. The van der Waals surface area contributed by atoms with Crippen molar-refractivity contribution in [3.63, 3.8) is 0 Å². The molecule has 0 bridgehead atoms. The summed E-state index contributed by atoms with van der Waals surface area (Å²) in [5.41, 5.74) is 2.00. The molecule has 0 N–H and O–H groups in total. The van der Waals surface area contributed by atoms with Gasteiger partial charge in [-0.1, -0.05) is 0 Å². The zero-order chi connectivity index (χ0) is 12.1. The Labute approximate surface area is 114 Å². The van der Waals surface area contributed by atoms with Crippen molar-refractivity contribution in [3.8, 4) is 11.4 Å². The van der Waals surface area contributed by atoms with Crippen molar-refractivity contribution in [2.45, 2.75) is 44.7 Å². The second-order valence-corrected chi connectivity index (χ2v) is 5.94. The summed E-state index contributed by atoms with van der Waals surface area (Å²) in [5, 5.41) is 4.69. The van der Waals surface area contributed by atoms with Gasteiger partial charge in [0.05, 0.1) is 6.04 Å². The third-order valence-electron chi connectivity index (χ3n) is 4.07. The van der Waals surface area contributed by atoms with Gasteiger partial charge in [-0.05, 0) is 47.7 Å². The highest BCUT2D eigenvalue weighted by Gasteiger charge is 2.24. The van der Waals surface area contributed by atoms with E-state index in [1.807, 2.05) is 0 Å². The average molecular weight is 307 g/mol. The molecule has 2 aromatic heterocycles. The van der Waals surface area contributed by atoms with Crippen LogP contribution in [0.3, 0.4) is 0 Å². The molecule has 0 saturated heterocycles. The lowest BCUT2D eigenvalue weighted by atomic mass is 9.93. The van der Waals surface area contributed by atoms with Crippen LogP contribution in [0.1, 0.15) is 37.5 Å². The third kappa shape index (κ3) is 1.49. The zero-order valence-corrected chi connectivity index (χ0v) is 11.7. The molecule has 0 aromatic carbocycles. The monoisotopic (exact) mass is 306 g/mol. The van der Waals surface area contributed by atoms with E-state index in [0.717, 1.165) is 29.0 Å².